The van der Waals surface area contributed by atoms with Crippen molar-refractivity contribution in [3.05, 3.63) is 59.0 Å². The van der Waals surface area contributed by atoms with E-state index in [1.807, 2.05) is 52.0 Å². The van der Waals surface area contributed by atoms with E-state index in [0.29, 0.717) is 29.5 Å². The first-order valence-corrected chi connectivity index (χ1v) is 10.8. The maximum Gasteiger partial charge on any atom is 0.227 e. The van der Waals surface area contributed by atoms with Gasteiger partial charge in [0.1, 0.15) is 5.65 Å². The van der Waals surface area contributed by atoms with Crippen molar-refractivity contribution in [1.82, 2.24) is 19.2 Å². The molecule has 1 amide bonds. The van der Waals surface area contributed by atoms with Gasteiger partial charge in [-0.1, -0.05) is 17.7 Å². The summed E-state index contributed by atoms with van der Waals surface area (Å²) in [6.07, 6.45) is 5.18. The molecule has 1 aromatic carbocycles. The fourth-order valence-electron chi connectivity index (χ4n) is 3.98. The Morgan fingerprint density at radius 3 is 2.68 bits per heavy atom. The molecule has 1 aliphatic heterocycles. The van der Waals surface area contributed by atoms with E-state index in [4.69, 9.17) is 21.1 Å². The van der Waals surface area contributed by atoms with Crippen molar-refractivity contribution >= 4 is 23.2 Å². The Morgan fingerprint density at radius 2 is 1.87 bits per heavy atom. The number of nitrogens with zero attached hydrogens (tertiary/aromatic N) is 4. The molecule has 0 radical (unpaired) electrons. The largest absolute Gasteiger partial charge is 0.493 e. The van der Waals surface area contributed by atoms with Crippen LogP contribution in [0, 0.1) is 0 Å². The Balaban J connectivity index is 1.35. The van der Waals surface area contributed by atoms with E-state index in [0.717, 1.165) is 49.5 Å². The van der Waals surface area contributed by atoms with Crippen molar-refractivity contribution in [1.29, 1.82) is 0 Å². The highest BCUT2D eigenvalue weighted by Gasteiger charge is 2.20. The third-order valence-electron chi connectivity index (χ3n) is 5.59. The fraction of sp³-hybridized carbons (Fsp3) is 0.391. The van der Waals surface area contributed by atoms with Gasteiger partial charge in [-0.15, -0.1) is 0 Å². The van der Waals surface area contributed by atoms with Crippen LogP contribution in [0.3, 0.4) is 0 Å². The Hall–Kier alpha value is -2.77. The maximum atomic E-state index is 12.9. The second-order valence-corrected chi connectivity index (χ2v) is 8.16. The molecule has 0 aliphatic carbocycles. The number of ether oxygens (including phenoxy) is 2. The summed E-state index contributed by atoms with van der Waals surface area (Å²) in [6.45, 7) is 4.01. The van der Waals surface area contributed by atoms with Crippen LogP contribution in [0.4, 0.5) is 0 Å². The average Bonchev–Trinajstić information content (AvgIpc) is 3.00. The number of hydrogen-bond acceptors (Lipinski definition) is 5. The van der Waals surface area contributed by atoms with E-state index < -0.39 is 0 Å². The van der Waals surface area contributed by atoms with Gasteiger partial charge in [0.2, 0.25) is 5.91 Å². The lowest BCUT2D eigenvalue weighted by molar-refractivity contribution is -0.130. The molecule has 8 heteroatoms. The highest BCUT2D eigenvalue weighted by atomic mass is 35.5. The summed E-state index contributed by atoms with van der Waals surface area (Å²) in [5, 5.41) is 0.690. The van der Waals surface area contributed by atoms with Gasteiger partial charge in [0.05, 0.1) is 31.4 Å². The second-order valence-electron chi connectivity index (χ2n) is 7.72. The standard InChI is InChI=1S/C23H27ClN4O3/c1-30-20-6-4-17(12-21(20)31-2)13-23(29)27-9-3-8-26(10-11-27)15-19-16-28-14-18(24)5-7-22(28)25-19/h4-7,12,14,16H,3,8-11,13,15H2,1-2H3. The molecule has 0 saturated carbocycles. The van der Waals surface area contributed by atoms with Crippen molar-refractivity contribution < 1.29 is 14.3 Å². The molecule has 0 atom stereocenters. The number of amides is 1. The monoisotopic (exact) mass is 442 g/mol. The van der Waals surface area contributed by atoms with Gasteiger partial charge in [-0.2, -0.15) is 0 Å². The van der Waals surface area contributed by atoms with Crippen LogP contribution < -0.4 is 9.47 Å². The number of rotatable bonds is 6. The second kappa shape index (κ2) is 9.58. The van der Waals surface area contributed by atoms with Crippen LogP contribution in [0.2, 0.25) is 5.02 Å². The molecule has 1 aliphatic rings. The molecule has 1 saturated heterocycles. The zero-order chi connectivity index (χ0) is 21.8. The highest BCUT2D eigenvalue weighted by Crippen LogP contribution is 2.28. The lowest BCUT2D eigenvalue weighted by Crippen LogP contribution is -2.36. The van der Waals surface area contributed by atoms with Crippen LogP contribution in [0.5, 0.6) is 11.5 Å². The molecular formula is C23H27ClN4O3. The van der Waals surface area contributed by atoms with Gasteiger partial charge >= 0.3 is 0 Å². The molecule has 0 N–H and O–H groups in total. The molecule has 7 nitrogen and oxygen atoms in total. The van der Waals surface area contributed by atoms with E-state index in [1.54, 1.807) is 14.2 Å². The minimum absolute atomic E-state index is 0.136. The summed E-state index contributed by atoms with van der Waals surface area (Å²) in [6, 6.07) is 9.40. The number of imidazole rings is 1. The molecule has 3 aromatic rings. The van der Waals surface area contributed by atoms with Gasteiger partial charge in [0, 0.05) is 45.1 Å². The summed E-state index contributed by atoms with van der Waals surface area (Å²) in [7, 11) is 3.21. The van der Waals surface area contributed by atoms with Gasteiger partial charge in [0.15, 0.2) is 11.5 Å². The number of aromatic nitrogens is 2. The first-order valence-electron chi connectivity index (χ1n) is 10.4. The number of methoxy groups -OCH3 is 2. The molecular weight excluding hydrogens is 416 g/mol. The van der Waals surface area contributed by atoms with Crippen LogP contribution in [0.25, 0.3) is 5.65 Å². The van der Waals surface area contributed by atoms with E-state index >= 15 is 0 Å². The van der Waals surface area contributed by atoms with Gasteiger partial charge in [0.25, 0.3) is 0 Å². The smallest absolute Gasteiger partial charge is 0.227 e. The topological polar surface area (TPSA) is 59.3 Å². The number of halogens is 1. The van der Waals surface area contributed by atoms with Crippen LogP contribution >= 0.6 is 11.6 Å². The highest BCUT2D eigenvalue weighted by molar-refractivity contribution is 6.30. The van der Waals surface area contributed by atoms with Crippen molar-refractivity contribution in [3.63, 3.8) is 0 Å². The van der Waals surface area contributed by atoms with Crippen LogP contribution in [-0.4, -0.2) is 65.5 Å². The van der Waals surface area contributed by atoms with Crippen molar-refractivity contribution in [2.24, 2.45) is 0 Å². The third kappa shape index (κ3) is 5.11. The summed E-state index contributed by atoms with van der Waals surface area (Å²) in [4.78, 5) is 21.9. The zero-order valence-electron chi connectivity index (χ0n) is 17.9. The minimum atomic E-state index is 0.136. The molecule has 1 fully saturated rings. The maximum absolute atomic E-state index is 12.9. The third-order valence-corrected chi connectivity index (χ3v) is 5.82. The number of carbonyl (C=O) groups is 1. The van der Waals surface area contributed by atoms with Gasteiger partial charge in [-0.3, -0.25) is 9.69 Å². The van der Waals surface area contributed by atoms with E-state index in [9.17, 15) is 4.79 Å². The van der Waals surface area contributed by atoms with Gasteiger partial charge in [-0.25, -0.2) is 4.98 Å². The van der Waals surface area contributed by atoms with E-state index in [1.165, 1.54) is 0 Å². The van der Waals surface area contributed by atoms with Crippen molar-refractivity contribution in [3.8, 4) is 11.5 Å². The van der Waals surface area contributed by atoms with Gasteiger partial charge < -0.3 is 18.8 Å². The average molecular weight is 443 g/mol. The first-order chi connectivity index (χ1) is 15.1. The Labute approximate surface area is 187 Å². The summed E-state index contributed by atoms with van der Waals surface area (Å²) in [5.41, 5.74) is 2.82. The fourth-order valence-corrected chi connectivity index (χ4v) is 4.15. The minimum Gasteiger partial charge on any atom is -0.493 e. The molecule has 3 heterocycles. The van der Waals surface area contributed by atoms with Crippen LogP contribution in [0.1, 0.15) is 17.7 Å². The van der Waals surface area contributed by atoms with Crippen molar-refractivity contribution in [2.45, 2.75) is 19.4 Å². The molecule has 4 rings (SSSR count). The Bertz CT molecular complexity index is 1070. The number of carbonyl (C=O) groups excluding carboxylic acids is 1. The molecule has 2 aromatic heterocycles. The molecule has 0 unspecified atom stereocenters. The lowest BCUT2D eigenvalue weighted by atomic mass is 10.1. The lowest BCUT2D eigenvalue weighted by Gasteiger charge is -2.22. The predicted octanol–water partition coefficient (Wildman–Crippen LogP) is 3.28. The number of hydrogen-bond donors (Lipinski definition) is 0. The Kier molecular flexibility index (Phi) is 6.63. The number of pyridine rings is 1. The molecule has 0 spiro atoms. The first kappa shape index (κ1) is 21.5. The quantitative estimate of drug-likeness (QED) is 0.586. The predicted molar refractivity (Wildman–Crippen MR) is 120 cm³/mol. The van der Waals surface area contributed by atoms with E-state index in [-0.39, 0.29) is 5.91 Å². The number of fused-ring (bicyclic) bond motifs is 1. The van der Waals surface area contributed by atoms with Crippen molar-refractivity contribution in [2.75, 3.05) is 40.4 Å². The van der Waals surface area contributed by atoms with Crippen LogP contribution in [-0.2, 0) is 17.8 Å². The molecule has 31 heavy (non-hydrogen) atoms. The van der Waals surface area contributed by atoms with Crippen LogP contribution in [0.15, 0.2) is 42.7 Å². The SMILES string of the molecule is COc1ccc(CC(=O)N2CCCN(Cc3cn4cc(Cl)ccc4n3)CC2)cc1OC. The summed E-state index contributed by atoms with van der Waals surface area (Å²) >= 11 is 6.07. The van der Waals surface area contributed by atoms with Gasteiger partial charge in [-0.05, 0) is 36.2 Å². The zero-order valence-corrected chi connectivity index (χ0v) is 18.6. The normalized spacial score (nSPS) is 15.1. The van der Waals surface area contributed by atoms with E-state index in [2.05, 4.69) is 9.88 Å². The summed E-state index contributed by atoms with van der Waals surface area (Å²) in [5.74, 6) is 1.44. The molecule has 164 valence electrons. The molecule has 0 bridgehead atoms. The number of benzene rings is 1. The Morgan fingerprint density at radius 1 is 1.03 bits per heavy atom. The summed E-state index contributed by atoms with van der Waals surface area (Å²) < 4.78 is 12.6.